The Hall–Kier alpha value is -0.610. The molecule has 1 atom stereocenters. The Morgan fingerprint density at radius 3 is 2.44 bits per heavy atom. The molecule has 1 fully saturated rings. The lowest BCUT2D eigenvalue weighted by molar-refractivity contribution is -0.137. The van der Waals surface area contributed by atoms with Gasteiger partial charge in [0.05, 0.1) is 6.42 Å². The third kappa shape index (κ3) is 4.49. The lowest BCUT2D eigenvalue weighted by Crippen LogP contribution is -2.49. The number of aliphatic carboxylic acids is 1. The first-order valence-electron chi connectivity index (χ1n) is 6.31. The highest BCUT2D eigenvalue weighted by Gasteiger charge is 2.20. The Bertz CT molecular complexity index is 213. The molecule has 1 aliphatic rings. The van der Waals surface area contributed by atoms with Crippen molar-refractivity contribution in [3.05, 3.63) is 0 Å². The van der Waals surface area contributed by atoms with Gasteiger partial charge in [-0.25, -0.2) is 0 Å². The number of hydrogen-bond donors (Lipinski definition) is 1. The number of piperazine rings is 1. The lowest BCUT2D eigenvalue weighted by Gasteiger charge is -2.37. The van der Waals surface area contributed by atoms with Crippen LogP contribution in [0, 0.1) is 0 Å². The van der Waals surface area contributed by atoms with Crippen molar-refractivity contribution in [2.75, 3.05) is 32.7 Å². The molecule has 0 aliphatic carbocycles. The molecule has 0 aromatic rings. The predicted octanol–water partition coefficient (Wildman–Crippen LogP) is 1.27. The number of hydrogen-bond acceptors (Lipinski definition) is 3. The molecule has 1 aliphatic heterocycles. The van der Waals surface area contributed by atoms with Crippen molar-refractivity contribution in [2.24, 2.45) is 0 Å². The van der Waals surface area contributed by atoms with Gasteiger partial charge in [-0.1, -0.05) is 13.3 Å². The summed E-state index contributed by atoms with van der Waals surface area (Å²) in [5.41, 5.74) is 0. The van der Waals surface area contributed by atoms with Gasteiger partial charge in [-0.15, -0.1) is 0 Å². The summed E-state index contributed by atoms with van der Waals surface area (Å²) in [6, 6.07) is 0.673. The maximum Gasteiger partial charge on any atom is 0.304 e. The zero-order valence-electron chi connectivity index (χ0n) is 10.5. The molecule has 4 heteroatoms. The van der Waals surface area contributed by atoms with Gasteiger partial charge in [-0.3, -0.25) is 9.69 Å². The molecule has 1 N–H and O–H groups in total. The summed E-state index contributed by atoms with van der Waals surface area (Å²) >= 11 is 0. The summed E-state index contributed by atoms with van der Waals surface area (Å²) in [5.74, 6) is -0.693. The van der Waals surface area contributed by atoms with Gasteiger partial charge in [0.1, 0.15) is 0 Å². The van der Waals surface area contributed by atoms with E-state index in [1.165, 1.54) is 12.8 Å². The van der Waals surface area contributed by atoms with Gasteiger partial charge in [0.15, 0.2) is 0 Å². The molecule has 0 saturated carbocycles. The van der Waals surface area contributed by atoms with Gasteiger partial charge < -0.3 is 10.0 Å². The Morgan fingerprint density at radius 2 is 1.94 bits per heavy atom. The molecule has 1 saturated heterocycles. The van der Waals surface area contributed by atoms with Crippen LogP contribution >= 0.6 is 0 Å². The van der Waals surface area contributed by atoms with Gasteiger partial charge in [0, 0.05) is 38.8 Å². The highest BCUT2D eigenvalue weighted by molar-refractivity contribution is 5.66. The van der Waals surface area contributed by atoms with Crippen molar-refractivity contribution in [3.63, 3.8) is 0 Å². The number of carbonyl (C=O) groups is 1. The van der Waals surface area contributed by atoms with Crippen molar-refractivity contribution in [1.82, 2.24) is 9.80 Å². The van der Waals surface area contributed by atoms with Gasteiger partial charge in [0.25, 0.3) is 0 Å². The first kappa shape index (κ1) is 13.5. The monoisotopic (exact) mass is 228 g/mol. The van der Waals surface area contributed by atoms with Gasteiger partial charge in [-0.2, -0.15) is 0 Å². The Kier molecular flexibility index (Phi) is 5.77. The maximum atomic E-state index is 10.5. The van der Waals surface area contributed by atoms with Crippen LogP contribution in [0.1, 0.15) is 33.1 Å². The molecular formula is C12H24N2O2. The van der Waals surface area contributed by atoms with Crippen LogP contribution in [-0.2, 0) is 4.79 Å². The van der Waals surface area contributed by atoms with Crippen LogP contribution in [0.15, 0.2) is 0 Å². The molecule has 0 radical (unpaired) electrons. The minimum atomic E-state index is -0.693. The smallest absolute Gasteiger partial charge is 0.304 e. The van der Waals surface area contributed by atoms with Crippen molar-refractivity contribution in [2.45, 2.75) is 39.2 Å². The fourth-order valence-electron chi connectivity index (χ4n) is 2.28. The molecule has 1 rings (SSSR count). The Balaban J connectivity index is 2.20. The van der Waals surface area contributed by atoms with Gasteiger partial charge >= 0.3 is 5.97 Å². The number of carboxylic acids is 1. The quantitative estimate of drug-likeness (QED) is 0.743. The molecule has 0 spiro atoms. The van der Waals surface area contributed by atoms with E-state index in [4.69, 9.17) is 5.11 Å². The van der Waals surface area contributed by atoms with E-state index in [-0.39, 0.29) is 6.42 Å². The highest BCUT2D eigenvalue weighted by atomic mass is 16.4. The molecule has 4 nitrogen and oxygen atoms in total. The molecule has 1 unspecified atom stereocenters. The fraction of sp³-hybridized carbons (Fsp3) is 0.917. The summed E-state index contributed by atoms with van der Waals surface area (Å²) in [7, 11) is 0. The second-order valence-corrected chi connectivity index (χ2v) is 4.66. The molecule has 16 heavy (non-hydrogen) atoms. The number of nitrogens with zero attached hydrogens (tertiary/aromatic N) is 2. The van der Waals surface area contributed by atoms with E-state index in [9.17, 15) is 4.79 Å². The van der Waals surface area contributed by atoms with Gasteiger partial charge in [-0.05, 0) is 13.3 Å². The Morgan fingerprint density at radius 1 is 1.31 bits per heavy atom. The topological polar surface area (TPSA) is 43.8 Å². The van der Waals surface area contributed by atoms with Crippen LogP contribution in [0.3, 0.4) is 0 Å². The van der Waals surface area contributed by atoms with E-state index < -0.39 is 5.97 Å². The zero-order valence-corrected chi connectivity index (χ0v) is 10.5. The predicted molar refractivity (Wildman–Crippen MR) is 64.6 cm³/mol. The van der Waals surface area contributed by atoms with E-state index in [1.807, 2.05) is 0 Å². The standard InChI is InChI=1S/C12H24N2O2/c1-3-4-11(2)14-9-7-13(8-10-14)6-5-12(15)16/h11H,3-10H2,1-2H3,(H,15,16). The average molecular weight is 228 g/mol. The molecule has 0 bridgehead atoms. The molecular weight excluding hydrogens is 204 g/mol. The molecule has 0 aromatic heterocycles. The summed E-state index contributed by atoms with van der Waals surface area (Å²) in [6.07, 6.45) is 2.76. The minimum Gasteiger partial charge on any atom is -0.481 e. The van der Waals surface area contributed by atoms with Crippen molar-refractivity contribution in [1.29, 1.82) is 0 Å². The van der Waals surface area contributed by atoms with Crippen LogP contribution in [0.2, 0.25) is 0 Å². The molecule has 94 valence electrons. The number of carboxylic acid groups (broad SMARTS) is 1. The van der Waals surface area contributed by atoms with E-state index in [0.29, 0.717) is 12.6 Å². The van der Waals surface area contributed by atoms with E-state index in [0.717, 1.165) is 26.2 Å². The maximum absolute atomic E-state index is 10.5. The normalized spacial score (nSPS) is 20.9. The molecule has 0 aromatic carbocycles. The first-order valence-corrected chi connectivity index (χ1v) is 6.31. The summed E-state index contributed by atoms with van der Waals surface area (Å²) in [5, 5.41) is 8.62. The second-order valence-electron chi connectivity index (χ2n) is 4.66. The second kappa shape index (κ2) is 6.86. The first-order chi connectivity index (χ1) is 7.63. The van der Waals surface area contributed by atoms with Crippen molar-refractivity contribution < 1.29 is 9.90 Å². The molecule has 0 amide bonds. The van der Waals surface area contributed by atoms with Crippen molar-refractivity contribution >= 4 is 5.97 Å². The summed E-state index contributed by atoms with van der Waals surface area (Å²) in [6.45, 7) is 9.41. The summed E-state index contributed by atoms with van der Waals surface area (Å²) < 4.78 is 0. The van der Waals surface area contributed by atoms with E-state index >= 15 is 0 Å². The summed E-state index contributed by atoms with van der Waals surface area (Å²) in [4.78, 5) is 15.2. The van der Waals surface area contributed by atoms with E-state index in [1.54, 1.807) is 0 Å². The van der Waals surface area contributed by atoms with Gasteiger partial charge in [0.2, 0.25) is 0 Å². The Labute approximate surface area is 98.2 Å². The lowest BCUT2D eigenvalue weighted by atomic mass is 10.1. The van der Waals surface area contributed by atoms with Crippen LogP contribution < -0.4 is 0 Å². The SMILES string of the molecule is CCCC(C)N1CCN(CCC(=O)O)CC1. The zero-order chi connectivity index (χ0) is 12.0. The molecule has 1 heterocycles. The van der Waals surface area contributed by atoms with Crippen LogP contribution in [0.4, 0.5) is 0 Å². The third-order valence-corrected chi connectivity index (χ3v) is 3.38. The third-order valence-electron chi connectivity index (χ3n) is 3.38. The van der Waals surface area contributed by atoms with Crippen LogP contribution in [-0.4, -0.2) is 59.6 Å². The average Bonchev–Trinajstić information content (AvgIpc) is 2.27. The highest BCUT2D eigenvalue weighted by Crippen LogP contribution is 2.10. The van der Waals surface area contributed by atoms with Crippen LogP contribution in [0.25, 0.3) is 0 Å². The number of rotatable bonds is 6. The minimum absolute atomic E-state index is 0.268. The fourth-order valence-corrected chi connectivity index (χ4v) is 2.28. The van der Waals surface area contributed by atoms with E-state index in [2.05, 4.69) is 23.6 Å². The van der Waals surface area contributed by atoms with Crippen molar-refractivity contribution in [3.8, 4) is 0 Å². The van der Waals surface area contributed by atoms with Crippen LogP contribution in [0.5, 0.6) is 0 Å². The largest absolute Gasteiger partial charge is 0.481 e.